The zero-order valence-electron chi connectivity index (χ0n) is 11.0. The molecule has 100 valence electrons. The Morgan fingerprint density at radius 1 is 1.50 bits per heavy atom. The van der Waals surface area contributed by atoms with E-state index in [9.17, 15) is 9.59 Å². The van der Waals surface area contributed by atoms with Crippen LogP contribution in [0.2, 0.25) is 0 Å². The maximum atomic E-state index is 11.7. The predicted molar refractivity (Wildman–Crippen MR) is 64.2 cm³/mol. The molecule has 0 spiro atoms. The maximum Gasteiger partial charge on any atom is 0.338 e. The minimum atomic E-state index is -1.04. The van der Waals surface area contributed by atoms with Gasteiger partial charge in [0.1, 0.15) is 5.60 Å². The quantitative estimate of drug-likeness (QED) is 0.824. The van der Waals surface area contributed by atoms with E-state index in [0.717, 1.165) is 0 Å². The molecule has 0 radical (unpaired) electrons. The van der Waals surface area contributed by atoms with E-state index in [4.69, 9.17) is 9.84 Å². The summed E-state index contributed by atoms with van der Waals surface area (Å²) >= 11 is 0. The lowest BCUT2D eigenvalue weighted by Gasteiger charge is -2.22. The lowest BCUT2D eigenvalue weighted by Crippen LogP contribution is -2.29. The molecule has 6 heteroatoms. The third-order valence-electron chi connectivity index (χ3n) is 2.15. The summed E-state index contributed by atoms with van der Waals surface area (Å²) < 4.78 is 6.66. The van der Waals surface area contributed by atoms with Gasteiger partial charge >= 0.3 is 11.9 Å². The number of rotatable bonds is 4. The van der Waals surface area contributed by atoms with Gasteiger partial charge in [-0.05, 0) is 20.8 Å². The summed E-state index contributed by atoms with van der Waals surface area (Å²) in [4.78, 5) is 22.4. The number of carbonyl (C=O) groups is 2. The molecule has 1 atom stereocenters. The molecule has 1 heterocycles. The molecule has 0 fully saturated rings. The van der Waals surface area contributed by atoms with Gasteiger partial charge in [-0.3, -0.25) is 9.48 Å². The highest BCUT2D eigenvalue weighted by Crippen LogP contribution is 2.12. The number of esters is 1. The molecule has 1 rings (SSSR count). The molecular formula is C12H18N2O4. The summed E-state index contributed by atoms with van der Waals surface area (Å²) in [5, 5.41) is 12.6. The second-order valence-corrected chi connectivity index (χ2v) is 5.19. The van der Waals surface area contributed by atoms with Gasteiger partial charge in [-0.1, -0.05) is 6.92 Å². The summed E-state index contributed by atoms with van der Waals surface area (Å²) in [6.07, 6.45) is 2.65. The number of carboxylic acids is 1. The molecule has 6 nitrogen and oxygen atoms in total. The second-order valence-electron chi connectivity index (χ2n) is 5.19. The average Bonchev–Trinajstić information content (AvgIpc) is 2.63. The van der Waals surface area contributed by atoms with E-state index in [1.54, 1.807) is 27.7 Å². The van der Waals surface area contributed by atoms with E-state index < -0.39 is 11.6 Å². The Kier molecular flexibility index (Phi) is 4.11. The van der Waals surface area contributed by atoms with Crippen molar-refractivity contribution in [1.29, 1.82) is 0 Å². The minimum Gasteiger partial charge on any atom is -0.478 e. The van der Waals surface area contributed by atoms with Crippen molar-refractivity contribution in [2.45, 2.75) is 39.8 Å². The highest BCUT2D eigenvalue weighted by atomic mass is 16.6. The lowest BCUT2D eigenvalue weighted by atomic mass is 10.1. The monoisotopic (exact) mass is 254 g/mol. The lowest BCUT2D eigenvalue weighted by molar-refractivity contribution is -0.159. The molecule has 18 heavy (non-hydrogen) atoms. The highest BCUT2D eigenvalue weighted by Gasteiger charge is 2.22. The Bertz CT molecular complexity index is 445. The molecule has 0 saturated carbocycles. The Labute approximate surface area is 106 Å². The van der Waals surface area contributed by atoms with Crippen LogP contribution in [-0.4, -0.2) is 32.4 Å². The number of ether oxygens (including phenoxy) is 1. The summed E-state index contributed by atoms with van der Waals surface area (Å²) in [6, 6.07) is 0. The molecule has 0 aliphatic carbocycles. The first-order valence-electron chi connectivity index (χ1n) is 5.67. The van der Waals surface area contributed by atoms with Crippen LogP contribution in [0.1, 0.15) is 38.1 Å². The minimum absolute atomic E-state index is 0.103. The van der Waals surface area contributed by atoms with Gasteiger partial charge in [-0.15, -0.1) is 0 Å². The Morgan fingerprint density at radius 2 is 2.11 bits per heavy atom. The zero-order valence-corrected chi connectivity index (χ0v) is 11.0. The average molecular weight is 254 g/mol. The zero-order chi connectivity index (χ0) is 13.9. The van der Waals surface area contributed by atoms with E-state index in [-0.39, 0.29) is 17.5 Å². The summed E-state index contributed by atoms with van der Waals surface area (Å²) in [5.41, 5.74) is -0.423. The highest BCUT2D eigenvalue weighted by molar-refractivity contribution is 5.86. The van der Waals surface area contributed by atoms with Crippen molar-refractivity contribution in [3.8, 4) is 0 Å². The maximum absolute atomic E-state index is 11.7. The van der Waals surface area contributed by atoms with Crippen LogP contribution in [0.5, 0.6) is 0 Å². The largest absolute Gasteiger partial charge is 0.478 e. The number of hydrogen-bond donors (Lipinski definition) is 1. The number of carboxylic acid groups (broad SMARTS) is 1. The van der Waals surface area contributed by atoms with Crippen LogP contribution in [0.15, 0.2) is 12.4 Å². The van der Waals surface area contributed by atoms with Crippen molar-refractivity contribution in [1.82, 2.24) is 9.78 Å². The van der Waals surface area contributed by atoms with Crippen molar-refractivity contribution in [2.75, 3.05) is 0 Å². The van der Waals surface area contributed by atoms with E-state index in [1.165, 1.54) is 17.1 Å². The van der Waals surface area contributed by atoms with Gasteiger partial charge in [-0.25, -0.2) is 4.79 Å². The van der Waals surface area contributed by atoms with Crippen LogP contribution in [0.4, 0.5) is 0 Å². The first-order chi connectivity index (χ1) is 8.19. The number of nitrogens with zero attached hydrogens (tertiary/aromatic N) is 2. The molecule has 0 aromatic carbocycles. The van der Waals surface area contributed by atoms with Crippen molar-refractivity contribution >= 4 is 11.9 Å². The molecule has 1 unspecified atom stereocenters. The van der Waals surface area contributed by atoms with Crippen molar-refractivity contribution in [3.05, 3.63) is 18.0 Å². The number of aromatic nitrogens is 2. The van der Waals surface area contributed by atoms with Gasteiger partial charge in [0.2, 0.25) is 0 Å². The molecule has 0 saturated heterocycles. The standard InChI is InChI=1S/C12H18N2O4/c1-8(11(17)18-12(2,3)4)6-14-7-9(5-13-14)10(15)16/h5,7-8H,6H2,1-4H3,(H,15,16). The van der Waals surface area contributed by atoms with Crippen LogP contribution < -0.4 is 0 Å². The Morgan fingerprint density at radius 3 is 2.56 bits per heavy atom. The SMILES string of the molecule is CC(Cn1cc(C(=O)O)cn1)C(=O)OC(C)(C)C. The summed E-state index contributed by atoms with van der Waals surface area (Å²) in [6.45, 7) is 7.41. The van der Waals surface area contributed by atoms with Crippen LogP contribution in [-0.2, 0) is 16.1 Å². The first-order valence-corrected chi connectivity index (χ1v) is 5.67. The van der Waals surface area contributed by atoms with Crippen molar-refractivity contribution in [2.24, 2.45) is 5.92 Å². The summed E-state index contributed by atoms with van der Waals surface area (Å²) in [5.74, 6) is -1.74. The van der Waals surface area contributed by atoms with Gasteiger partial charge in [-0.2, -0.15) is 5.10 Å². The van der Waals surface area contributed by atoms with E-state index in [0.29, 0.717) is 6.54 Å². The molecule has 0 aliphatic rings. The number of carbonyl (C=O) groups excluding carboxylic acids is 1. The summed E-state index contributed by atoms with van der Waals surface area (Å²) in [7, 11) is 0. The molecule has 1 aromatic heterocycles. The molecule has 0 aliphatic heterocycles. The Balaban J connectivity index is 2.61. The normalized spacial score (nSPS) is 13.1. The Hall–Kier alpha value is -1.85. The van der Waals surface area contributed by atoms with E-state index in [2.05, 4.69) is 5.10 Å². The number of hydrogen-bond acceptors (Lipinski definition) is 4. The fourth-order valence-corrected chi connectivity index (χ4v) is 1.33. The van der Waals surface area contributed by atoms with Gasteiger partial charge in [0.05, 0.1) is 24.2 Å². The van der Waals surface area contributed by atoms with Crippen LogP contribution in [0, 0.1) is 5.92 Å². The topological polar surface area (TPSA) is 81.4 Å². The predicted octanol–water partition coefficient (Wildman–Crippen LogP) is 1.56. The molecule has 1 N–H and O–H groups in total. The number of aromatic carboxylic acids is 1. The van der Waals surface area contributed by atoms with Crippen molar-refractivity contribution in [3.63, 3.8) is 0 Å². The molecule has 0 bridgehead atoms. The fraction of sp³-hybridized carbons (Fsp3) is 0.583. The fourth-order valence-electron chi connectivity index (χ4n) is 1.33. The van der Waals surface area contributed by atoms with E-state index >= 15 is 0 Å². The second kappa shape index (κ2) is 5.20. The van der Waals surface area contributed by atoms with Gasteiger partial charge in [0, 0.05) is 6.20 Å². The van der Waals surface area contributed by atoms with Crippen LogP contribution in [0.25, 0.3) is 0 Å². The van der Waals surface area contributed by atoms with Gasteiger partial charge < -0.3 is 9.84 Å². The molecule has 1 aromatic rings. The van der Waals surface area contributed by atoms with Crippen molar-refractivity contribution < 1.29 is 19.4 Å². The van der Waals surface area contributed by atoms with Crippen LogP contribution >= 0.6 is 0 Å². The first kappa shape index (κ1) is 14.2. The van der Waals surface area contributed by atoms with E-state index in [1.807, 2.05) is 0 Å². The third-order valence-corrected chi connectivity index (χ3v) is 2.15. The van der Waals surface area contributed by atoms with Crippen LogP contribution in [0.3, 0.4) is 0 Å². The molecule has 0 amide bonds. The van der Waals surface area contributed by atoms with Gasteiger partial charge in [0.15, 0.2) is 0 Å². The van der Waals surface area contributed by atoms with Gasteiger partial charge in [0.25, 0.3) is 0 Å². The molecular weight excluding hydrogens is 236 g/mol. The smallest absolute Gasteiger partial charge is 0.338 e. The third kappa shape index (κ3) is 4.20.